The molecule has 0 aliphatic heterocycles. The third kappa shape index (κ3) is 4.00. The lowest BCUT2D eigenvalue weighted by molar-refractivity contribution is 0.0696. The van der Waals surface area contributed by atoms with Crippen molar-refractivity contribution in [1.29, 1.82) is 0 Å². The average Bonchev–Trinajstić information content (AvgIpc) is 3.39. The highest BCUT2D eigenvalue weighted by atomic mass is 16.4. The Morgan fingerprint density at radius 1 is 1.11 bits per heavy atom. The highest BCUT2D eigenvalue weighted by molar-refractivity contribution is 6.05. The topological polar surface area (TPSA) is 110 Å². The molecule has 2 N–H and O–H groups in total. The van der Waals surface area contributed by atoms with Crippen molar-refractivity contribution in [3.05, 3.63) is 71.6 Å². The molecule has 4 rings (SSSR count). The summed E-state index contributed by atoms with van der Waals surface area (Å²) in [6, 6.07) is 8.32. The largest absolute Gasteiger partial charge is 0.478 e. The molecule has 1 amide bonds. The minimum Gasteiger partial charge on any atom is -0.478 e. The zero-order valence-corrected chi connectivity index (χ0v) is 14.4. The van der Waals surface area contributed by atoms with Crippen molar-refractivity contribution in [2.75, 3.05) is 5.32 Å². The number of benzene rings is 1. The number of carboxylic acids is 1. The number of anilines is 1. The average molecular weight is 363 g/mol. The van der Waals surface area contributed by atoms with E-state index in [0.717, 1.165) is 18.4 Å². The van der Waals surface area contributed by atoms with E-state index in [1.165, 1.54) is 6.07 Å². The van der Waals surface area contributed by atoms with Crippen LogP contribution < -0.4 is 5.32 Å². The molecule has 0 bridgehead atoms. The van der Waals surface area contributed by atoms with Gasteiger partial charge >= 0.3 is 5.97 Å². The number of hydrogen-bond donors (Lipinski definition) is 2. The minimum atomic E-state index is -1.01. The molecule has 0 unspecified atom stereocenters. The van der Waals surface area contributed by atoms with Gasteiger partial charge in [0.05, 0.1) is 17.8 Å². The van der Waals surface area contributed by atoms with Crippen LogP contribution in [0.25, 0.3) is 0 Å². The number of amides is 1. The maximum atomic E-state index is 12.6. The van der Waals surface area contributed by atoms with Crippen LogP contribution in [0.1, 0.15) is 50.7 Å². The van der Waals surface area contributed by atoms with Gasteiger partial charge in [-0.2, -0.15) is 0 Å². The van der Waals surface area contributed by atoms with Gasteiger partial charge in [0.1, 0.15) is 12.7 Å². The van der Waals surface area contributed by atoms with Crippen LogP contribution in [0, 0.1) is 0 Å². The molecule has 1 aromatic carbocycles. The zero-order valence-electron chi connectivity index (χ0n) is 14.4. The lowest BCUT2D eigenvalue weighted by Gasteiger charge is -2.10. The minimum absolute atomic E-state index is 0.178. The third-order valence-corrected chi connectivity index (χ3v) is 4.40. The number of hydrogen-bond acceptors (Lipinski definition) is 5. The number of aromatic carboxylic acids is 1. The molecule has 1 saturated carbocycles. The molecule has 0 spiro atoms. The number of nitrogens with one attached hydrogen (secondary N) is 1. The van der Waals surface area contributed by atoms with Crippen molar-refractivity contribution in [3.63, 3.8) is 0 Å². The van der Waals surface area contributed by atoms with Gasteiger partial charge < -0.3 is 15.0 Å². The second-order valence-corrected chi connectivity index (χ2v) is 6.55. The predicted octanol–water partition coefficient (Wildman–Crippen LogP) is 2.55. The van der Waals surface area contributed by atoms with Crippen molar-refractivity contribution in [1.82, 2.24) is 19.7 Å². The summed E-state index contributed by atoms with van der Waals surface area (Å²) >= 11 is 0. The molecule has 2 heterocycles. The first-order chi connectivity index (χ1) is 13.1. The Hall–Kier alpha value is -3.55. The fraction of sp³-hybridized carbons (Fsp3) is 0.211. The van der Waals surface area contributed by atoms with Crippen LogP contribution in [-0.4, -0.2) is 36.7 Å². The molecule has 0 radical (unpaired) electrons. The number of carboxylic acid groups (broad SMARTS) is 1. The summed E-state index contributed by atoms with van der Waals surface area (Å²) in [6.07, 6.45) is 6.81. The lowest BCUT2D eigenvalue weighted by Crippen LogP contribution is -2.14. The fourth-order valence-electron chi connectivity index (χ4n) is 2.90. The number of nitrogens with zero attached hydrogens (tertiary/aromatic N) is 4. The molecule has 0 atom stereocenters. The zero-order chi connectivity index (χ0) is 18.8. The Morgan fingerprint density at radius 2 is 1.89 bits per heavy atom. The van der Waals surface area contributed by atoms with Gasteiger partial charge in [0.2, 0.25) is 0 Å². The maximum Gasteiger partial charge on any atom is 0.335 e. The molecular formula is C19H17N5O3. The summed E-state index contributed by atoms with van der Waals surface area (Å²) in [7, 11) is 0. The first kappa shape index (κ1) is 16.9. The molecule has 0 saturated heterocycles. The van der Waals surface area contributed by atoms with E-state index in [1.807, 2.05) is 6.07 Å². The Bertz CT molecular complexity index is 996. The summed E-state index contributed by atoms with van der Waals surface area (Å²) in [6.45, 7) is 0.453. The molecule has 1 aliphatic rings. The third-order valence-electron chi connectivity index (χ3n) is 4.40. The van der Waals surface area contributed by atoms with Crippen LogP contribution in [0.4, 0.5) is 5.69 Å². The van der Waals surface area contributed by atoms with Gasteiger partial charge in [-0.05, 0) is 54.7 Å². The number of carbonyl (C=O) groups is 2. The second kappa shape index (κ2) is 6.99. The fourth-order valence-corrected chi connectivity index (χ4v) is 2.90. The monoisotopic (exact) mass is 363 g/mol. The standard InChI is InChI=1S/C19H17N5O3/c25-18(13-3-4-20-17(6-13)9-24-10-21-22-11-24)23-16-7-14(12-1-2-12)5-15(8-16)19(26)27/h3-8,10-12H,1-2,9H2,(H,23,25)(H,26,27). The Morgan fingerprint density at radius 3 is 2.59 bits per heavy atom. The van der Waals surface area contributed by atoms with Crippen LogP contribution in [0.2, 0.25) is 0 Å². The quantitative estimate of drug-likeness (QED) is 0.696. The van der Waals surface area contributed by atoms with Gasteiger partial charge in [-0.1, -0.05) is 0 Å². The van der Waals surface area contributed by atoms with E-state index in [0.29, 0.717) is 29.4 Å². The van der Waals surface area contributed by atoms with Crippen molar-refractivity contribution in [2.24, 2.45) is 0 Å². The highest BCUT2D eigenvalue weighted by Crippen LogP contribution is 2.41. The van der Waals surface area contributed by atoms with Crippen molar-refractivity contribution in [3.8, 4) is 0 Å². The smallest absolute Gasteiger partial charge is 0.335 e. The number of carbonyl (C=O) groups excluding carboxylic acids is 1. The molecular weight excluding hydrogens is 346 g/mol. The normalized spacial score (nSPS) is 13.3. The Labute approximate surface area is 154 Å². The van der Waals surface area contributed by atoms with Gasteiger partial charge in [-0.15, -0.1) is 10.2 Å². The summed E-state index contributed by atoms with van der Waals surface area (Å²) < 4.78 is 1.75. The number of aromatic nitrogens is 4. The molecule has 1 aliphatic carbocycles. The van der Waals surface area contributed by atoms with Crippen molar-refractivity contribution < 1.29 is 14.7 Å². The van der Waals surface area contributed by atoms with E-state index in [1.54, 1.807) is 41.6 Å². The van der Waals surface area contributed by atoms with E-state index in [4.69, 9.17) is 0 Å². The van der Waals surface area contributed by atoms with E-state index in [2.05, 4.69) is 20.5 Å². The Kier molecular flexibility index (Phi) is 4.37. The van der Waals surface area contributed by atoms with Crippen LogP contribution >= 0.6 is 0 Å². The van der Waals surface area contributed by atoms with E-state index in [-0.39, 0.29) is 11.5 Å². The molecule has 136 valence electrons. The molecule has 1 fully saturated rings. The Balaban J connectivity index is 1.54. The summed E-state index contributed by atoms with van der Waals surface area (Å²) in [4.78, 5) is 28.2. The van der Waals surface area contributed by atoms with Gasteiger partial charge in [-0.3, -0.25) is 9.78 Å². The van der Waals surface area contributed by atoms with Crippen molar-refractivity contribution >= 4 is 17.6 Å². The van der Waals surface area contributed by atoms with E-state index in [9.17, 15) is 14.7 Å². The van der Waals surface area contributed by atoms with Crippen molar-refractivity contribution in [2.45, 2.75) is 25.3 Å². The summed E-state index contributed by atoms with van der Waals surface area (Å²) in [5.41, 5.74) is 2.76. The SMILES string of the molecule is O=C(O)c1cc(NC(=O)c2ccnc(Cn3cnnc3)c2)cc(C2CC2)c1. The van der Waals surface area contributed by atoms with Crippen LogP contribution in [0.15, 0.2) is 49.2 Å². The molecule has 8 heteroatoms. The van der Waals surface area contributed by atoms with Gasteiger partial charge in [0.15, 0.2) is 0 Å². The lowest BCUT2D eigenvalue weighted by atomic mass is 10.1. The predicted molar refractivity (Wildman–Crippen MR) is 96.7 cm³/mol. The first-order valence-corrected chi connectivity index (χ1v) is 8.55. The van der Waals surface area contributed by atoms with Gasteiger partial charge in [0, 0.05) is 17.4 Å². The molecule has 3 aromatic rings. The number of pyridine rings is 1. The van der Waals surface area contributed by atoms with Gasteiger partial charge in [0.25, 0.3) is 5.91 Å². The van der Waals surface area contributed by atoms with E-state index >= 15 is 0 Å². The molecule has 27 heavy (non-hydrogen) atoms. The molecule has 2 aromatic heterocycles. The highest BCUT2D eigenvalue weighted by Gasteiger charge is 2.25. The van der Waals surface area contributed by atoms with Crippen LogP contribution in [-0.2, 0) is 6.54 Å². The summed E-state index contributed by atoms with van der Waals surface area (Å²) in [5, 5.41) is 19.6. The van der Waals surface area contributed by atoms with E-state index < -0.39 is 5.97 Å². The first-order valence-electron chi connectivity index (χ1n) is 8.55. The summed E-state index contributed by atoms with van der Waals surface area (Å²) in [5.74, 6) is -0.934. The maximum absolute atomic E-state index is 12.6. The van der Waals surface area contributed by atoms with Crippen LogP contribution in [0.3, 0.4) is 0 Å². The second-order valence-electron chi connectivity index (χ2n) is 6.55. The van der Waals surface area contributed by atoms with Crippen LogP contribution in [0.5, 0.6) is 0 Å². The van der Waals surface area contributed by atoms with Gasteiger partial charge in [-0.25, -0.2) is 4.79 Å². The number of rotatable bonds is 6. The molecule has 8 nitrogen and oxygen atoms in total.